The first-order valence-corrected chi connectivity index (χ1v) is 5.57. The van der Waals surface area contributed by atoms with Crippen molar-refractivity contribution >= 4 is 11.6 Å². The summed E-state index contributed by atoms with van der Waals surface area (Å²) in [4.78, 5) is 23.4. The molecule has 2 rings (SSSR count). The summed E-state index contributed by atoms with van der Waals surface area (Å²) < 4.78 is 15.4. The normalized spacial score (nSPS) is 10.6. The number of hydrogen-bond donors (Lipinski definition) is 0. The molecule has 1 aromatic heterocycles. The number of nitrogens with zero attached hydrogens (tertiary/aromatic N) is 2. The quantitative estimate of drug-likeness (QED) is 0.826. The van der Waals surface area contributed by atoms with E-state index in [2.05, 4.69) is 0 Å². The van der Waals surface area contributed by atoms with Gasteiger partial charge in [-0.15, -0.1) is 0 Å². The third-order valence-corrected chi connectivity index (χ3v) is 2.85. The van der Waals surface area contributed by atoms with E-state index in [1.807, 2.05) is 0 Å². The first-order valence-electron chi connectivity index (χ1n) is 5.19. The average molecular weight is 269 g/mol. The summed E-state index contributed by atoms with van der Waals surface area (Å²) in [7, 11) is 1.55. The van der Waals surface area contributed by atoms with Crippen LogP contribution in [0.2, 0.25) is 5.02 Å². The first-order chi connectivity index (χ1) is 8.49. The first kappa shape index (κ1) is 12.6. The Kier molecular flexibility index (Phi) is 3.34. The molecule has 0 saturated heterocycles. The van der Waals surface area contributed by atoms with Crippen LogP contribution in [0.3, 0.4) is 0 Å². The molecule has 94 valence electrons. The van der Waals surface area contributed by atoms with Gasteiger partial charge in [0.25, 0.3) is 5.56 Å². The maximum absolute atomic E-state index is 13.0. The molecule has 0 bridgehead atoms. The monoisotopic (exact) mass is 268 g/mol. The van der Waals surface area contributed by atoms with E-state index in [0.29, 0.717) is 5.56 Å². The maximum Gasteiger partial charge on any atom is 0.331 e. The fourth-order valence-electron chi connectivity index (χ4n) is 1.58. The van der Waals surface area contributed by atoms with Crippen LogP contribution in [-0.2, 0) is 13.6 Å². The van der Waals surface area contributed by atoms with Gasteiger partial charge in [-0.25, -0.2) is 9.18 Å². The Morgan fingerprint density at radius 2 is 2.00 bits per heavy atom. The molecule has 0 aliphatic heterocycles. The second-order valence-electron chi connectivity index (χ2n) is 3.88. The minimum Gasteiger partial charge on any atom is -0.303 e. The molecule has 0 aliphatic carbocycles. The van der Waals surface area contributed by atoms with Crippen molar-refractivity contribution in [3.63, 3.8) is 0 Å². The van der Waals surface area contributed by atoms with Crippen LogP contribution in [0.5, 0.6) is 0 Å². The highest BCUT2D eigenvalue weighted by atomic mass is 35.5. The molecule has 0 spiro atoms. The van der Waals surface area contributed by atoms with Crippen LogP contribution >= 0.6 is 11.6 Å². The standard InChI is InChI=1S/C12H10ClFN2O2/c1-15-5-4-11(17)16(12(15)18)7-8-2-3-10(14)9(13)6-8/h2-6H,7H2,1H3. The van der Waals surface area contributed by atoms with Crippen molar-refractivity contribution in [3.05, 3.63) is 67.7 Å². The zero-order chi connectivity index (χ0) is 13.3. The van der Waals surface area contributed by atoms with Crippen LogP contribution in [0.15, 0.2) is 40.1 Å². The van der Waals surface area contributed by atoms with Gasteiger partial charge < -0.3 is 4.57 Å². The minimum absolute atomic E-state index is 0.0340. The van der Waals surface area contributed by atoms with Gasteiger partial charge in [0.05, 0.1) is 11.6 Å². The molecule has 2 aromatic rings. The summed E-state index contributed by atoms with van der Waals surface area (Å²) in [5.74, 6) is -0.534. The Balaban J connectivity index is 2.46. The molecule has 0 fully saturated rings. The van der Waals surface area contributed by atoms with Crippen LogP contribution in [0.1, 0.15) is 5.56 Å². The highest BCUT2D eigenvalue weighted by Gasteiger charge is 2.06. The molecule has 0 amide bonds. The Morgan fingerprint density at radius 1 is 1.28 bits per heavy atom. The lowest BCUT2D eigenvalue weighted by Crippen LogP contribution is -2.38. The Labute approximate surface area is 107 Å². The Bertz CT molecular complexity index is 706. The summed E-state index contributed by atoms with van der Waals surface area (Å²) in [6, 6.07) is 5.39. The predicted molar refractivity (Wildman–Crippen MR) is 66.5 cm³/mol. The van der Waals surface area contributed by atoms with Gasteiger partial charge in [-0.05, 0) is 17.7 Å². The van der Waals surface area contributed by atoms with Crippen LogP contribution < -0.4 is 11.2 Å². The largest absolute Gasteiger partial charge is 0.331 e. The molecule has 4 nitrogen and oxygen atoms in total. The van der Waals surface area contributed by atoms with Gasteiger partial charge in [0.1, 0.15) is 5.82 Å². The fraction of sp³-hybridized carbons (Fsp3) is 0.167. The van der Waals surface area contributed by atoms with Gasteiger partial charge in [-0.1, -0.05) is 17.7 Å². The zero-order valence-electron chi connectivity index (χ0n) is 9.56. The summed E-state index contributed by atoms with van der Waals surface area (Å²) in [6.07, 6.45) is 1.40. The molecular formula is C12H10ClFN2O2. The molecule has 0 atom stereocenters. The van der Waals surface area contributed by atoms with E-state index in [9.17, 15) is 14.0 Å². The third kappa shape index (κ3) is 2.36. The van der Waals surface area contributed by atoms with Crippen molar-refractivity contribution in [2.45, 2.75) is 6.54 Å². The van der Waals surface area contributed by atoms with Gasteiger partial charge in [-0.3, -0.25) is 9.36 Å². The second-order valence-corrected chi connectivity index (χ2v) is 4.29. The third-order valence-electron chi connectivity index (χ3n) is 2.56. The fourth-order valence-corrected chi connectivity index (χ4v) is 1.78. The van der Waals surface area contributed by atoms with Crippen molar-refractivity contribution in [2.75, 3.05) is 0 Å². The number of rotatable bonds is 2. The van der Waals surface area contributed by atoms with E-state index in [-0.39, 0.29) is 11.6 Å². The van der Waals surface area contributed by atoms with E-state index in [1.54, 1.807) is 7.05 Å². The van der Waals surface area contributed by atoms with Crippen molar-refractivity contribution in [1.82, 2.24) is 9.13 Å². The van der Waals surface area contributed by atoms with Crippen LogP contribution in [-0.4, -0.2) is 9.13 Å². The van der Waals surface area contributed by atoms with Gasteiger partial charge in [0.15, 0.2) is 0 Å². The van der Waals surface area contributed by atoms with E-state index in [4.69, 9.17) is 11.6 Å². The maximum atomic E-state index is 13.0. The lowest BCUT2D eigenvalue weighted by Gasteiger charge is -2.07. The lowest BCUT2D eigenvalue weighted by atomic mass is 10.2. The van der Waals surface area contributed by atoms with Gasteiger partial charge in [-0.2, -0.15) is 0 Å². The number of halogens is 2. The van der Waals surface area contributed by atoms with Gasteiger partial charge >= 0.3 is 5.69 Å². The Morgan fingerprint density at radius 3 is 2.67 bits per heavy atom. The highest BCUT2D eigenvalue weighted by Crippen LogP contribution is 2.16. The van der Waals surface area contributed by atoms with E-state index in [1.165, 1.54) is 35.0 Å². The molecule has 18 heavy (non-hydrogen) atoms. The van der Waals surface area contributed by atoms with E-state index < -0.39 is 17.1 Å². The smallest absolute Gasteiger partial charge is 0.303 e. The molecular weight excluding hydrogens is 259 g/mol. The van der Waals surface area contributed by atoms with Crippen LogP contribution in [0.25, 0.3) is 0 Å². The van der Waals surface area contributed by atoms with Crippen molar-refractivity contribution in [2.24, 2.45) is 7.05 Å². The molecule has 1 aromatic carbocycles. The molecule has 0 radical (unpaired) electrons. The summed E-state index contributed by atoms with van der Waals surface area (Å²) >= 11 is 5.65. The highest BCUT2D eigenvalue weighted by molar-refractivity contribution is 6.30. The van der Waals surface area contributed by atoms with Crippen molar-refractivity contribution in [3.8, 4) is 0 Å². The number of hydrogen-bond acceptors (Lipinski definition) is 2. The second kappa shape index (κ2) is 4.78. The van der Waals surface area contributed by atoms with E-state index in [0.717, 1.165) is 4.57 Å². The predicted octanol–water partition coefficient (Wildman–Crippen LogP) is 1.39. The molecule has 6 heteroatoms. The van der Waals surface area contributed by atoms with Crippen LogP contribution in [0.4, 0.5) is 4.39 Å². The minimum atomic E-state index is -0.534. The summed E-state index contributed by atoms with van der Waals surface area (Å²) in [5.41, 5.74) is -0.242. The van der Waals surface area contributed by atoms with Crippen molar-refractivity contribution < 1.29 is 4.39 Å². The number of benzene rings is 1. The SMILES string of the molecule is Cn1ccc(=O)n(Cc2ccc(F)c(Cl)c2)c1=O. The topological polar surface area (TPSA) is 44.0 Å². The average Bonchev–Trinajstić information content (AvgIpc) is 2.34. The molecule has 1 heterocycles. The van der Waals surface area contributed by atoms with Crippen LogP contribution in [0, 0.1) is 5.82 Å². The van der Waals surface area contributed by atoms with Gasteiger partial charge in [0.2, 0.25) is 0 Å². The van der Waals surface area contributed by atoms with E-state index >= 15 is 0 Å². The number of aryl methyl sites for hydroxylation is 1. The van der Waals surface area contributed by atoms with Crippen molar-refractivity contribution in [1.29, 1.82) is 0 Å². The summed E-state index contributed by atoms with van der Waals surface area (Å²) in [6.45, 7) is 0.0619. The lowest BCUT2D eigenvalue weighted by molar-refractivity contribution is 0.621. The number of aromatic nitrogens is 2. The molecule has 0 aliphatic rings. The molecule has 0 saturated carbocycles. The Hall–Kier alpha value is -1.88. The molecule has 0 unspecified atom stereocenters. The summed E-state index contributed by atoms with van der Waals surface area (Å²) in [5, 5.41) is -0.0340. The molecule has 0 N–H and O–H groups in total. The van der Waals surface area contributed by atoms with Gasteiger partial charge in [0, 0.05) is 19.3 Å². The zero-order valence-corrected chi connectivity index (χ0v) is 10.3.